The van der Waals surface area contributed by atoms with E-state index in [1.54, 1.807) is 4.90 Å². The van der Waals surface area contributed by atoms with Gasteiger partial charge in [-0.15, -0.1) is 6.42 Å². The van der Waals surface area contributed by atoms with E-state index in [2.05, 4.69) is 27.2 Å². The van der Waals surface area contributed by atoms with Crippen molar-refractivity contribution in [2.45, 2.75) is 6.42 Å². The maximum Gasteiger partial charge on any atom is 0.239 e. The van der Waals surface area contributed by atoms with E-state index in [1.807, 2.05) is 24.3 Å². The Kier molecular flexibility index (Phi) is 4.23. The van der Waals surface area contributed by atoms with Crippen molar-refractivity contribution in [2.75, 3.05) is 18.0 Å². The summed E-state index contributed by atoms with van der Waals surface area (Å²) >= 11 is 3.37. The van der Waals surface area contributed by atoms with Crippen LogP contribution in [0.25, 0.3) is 0 Å². The summed E-state index contributed by atoms with van der Waals surface area (Å²) in [4.78, 5) is 25.6. The summed E-state index contributed by atoms with van der Waals surface area (Å²) < 4.78 is 0.901. The van der Waals surface area contributed by atoms with Crippen molar-refractivity contribution in [2.24, 2.45) is 5.92 Å². The molecule has 1 fully saturated rings. The fourth-order valence-corrected chi connectivity index (χ4v) is 2.47. The number of nitrogens with one attached hydrogen (secondary N) is 1. The number of hydrogen-bond donors (Lipinski definition) is 1. The highest BCUT2D eigenvalue weighted by Crippen LogP contribution is 2.27. The van der Waals surface area contributed by atoms with Gasteiger partial charge in [0, 0.05) is 16.7 Å². The fourth-order valence-electron chi connectivity index (χ4n) is 2.08. The lowest BCUT2D eigenvalue weighted by Gasteiger charge is -2.16. The van der Waals surface area contributed by atoms with Crippen LogP contribution in [0.5, 0.6) is 0 Å². The lowest BCUT2D eigenvalue weighted by Crippen LogP contribution is -2.37. The molecule has 1 aromatic carbocycles. The zero-order valence-corrected chi connectivity index (χ0v) is 11.8. The molecule has 0 bridgehead atoms. The molecule has 0 radical (unpaired) electrons. The number of nitrogens with zero attached hydrogens (tertiary/aromatic N) is 1. The van der Waals surface area contributed by atoms with Gasteiger partial charge in [-0.1, -0.05) is 27.9 Å². The van der Waals surface area contributed by atoms with Crippen molar-refractivity contribution in [3.63, 3.8) is 0 Å². The number of anilines is 1. The molecule has 4 nitrogen and oxygen atoms in total. The number of benzene rings is 1. The first-order valence-electron chi connectivity index (χ1n) is 5.91. The molecule has 98 valence electrons. The number of hydrogen-bond acceptors (Lipinski definition) is 2. The van der Waals surface area contributed by atoms with Crippen LogP contribution in [0.1, 0.15) is 6.42 Å². The van der Waals surface area contributed by atoms with Gasteiger partial charge in [-0.2, -0.15) is 0 Å². The predicted molar refractivity (Wildman–Crippen MR) is 76.4 cm³/mol. The molecule has 1 aromatic rings. The molecule has 0 saturated carbocycles. The minimum Gasteiger partial charge on any atom is -0.344 e. The Hall–Kier alpha value is -1.80. The van der Waals surface area contributed by atoms with Crippen LogP contribution < -0.4 is 10.2 Å². The second-order valence-corrected chi connectivity index (χ2v) is 5.15. The van der Waals surface area contributed by atoms with Gasteiger partial charge in [0.15, 0.2) is 0 Å². The average molecular weight is 321 g/mol. The molecular weight excluding hydrogens is 308 g/mol. The van der Waals surface area contributed by atoms with Crippen LogP contribution in [0.15, 0.2) is 28.7 Å². The first kappa shape index (κ1) is 13.6. The summed E-state index contributed by atoms with van der Waals surface area (Å²) in [5.74, 6) is 1.23. The number of terminal acetylenes is 1. The van der Waals surface area contributed by atoms with Crippen LogP contribution in [0, 0.1) is 18.3 Å². The van der Waals surface area contributed by atoms with Crippen LogP contribution in [0.3, 0.4) is 0 Å². The molecule has 0 aromatic heterocycles. The molecule has 1 N–H and O–H groups in total. The maximum absolute atomic E-state index is 12.2. The maximum atomic E-state index is 12.2. The summed E-state index contributed by atoms with van der Waals surface area (Å²) in [5.41, 5.74) is 0.798. The highest BCUT2D eigenvalue weighted by Gasteiger charge is 2.37. The molecule has 5 heteroatoms. The predicted octanol–water partition coefficient (Wildman–Crippen LogP) is 1.55. The standard InChI is InChI=1S/C14H13BrN2O2/c1-2-7-16-13(18)12-6-8-17(14(12)19)11-5-3-4-10(15)9-11/h1,3-5,9,12H,6-8H2,(H,16,18)/t12-/m1/s1. The van der Waals surface area contributed by atoms with Crippen molar-refractivity contribution in [1.82, 2.24) is 5.32 Å². The van der Waals surface area contributed by atoms with Crippen LogP contribution in [-0.4, -0.2) is 24.9 Å². The SMILES string of the molecule is C#CCNC(=O)[C@H]1CCN(c2cccc(Br)c2)C1=O. The van der Waals surface area contributed by atoms with Crippen LogP contribution >= 0.6 is 15.9 Å². The minimum atomic E-state index is -0.632. The molecule has 2 rings (SSSR count). The van der Waals surface area contributed by atoms with E-state index in [-0.39, 0.29) is 18.4 Å². The van der Waals surface area contributed by atoms with Gasteiger partial charge in [-0.05, 0) is 24.6 Å². The summed E-state index contributed by atoms with van der Waals surface area (Å²) in [6.45, 7) is 0.697. The average Bonchev–Trinajstić information content (AvgIpc) is 2.78. The third-order valence-electron chi connectivity index (χ3n) is 3.01. The summed E-state index contributed by atoms with van der Waals surface area (Å²) in [6, 6.07) is 7.46. The fraction of sp³-hybridized carbons (Fsp3) is 0.286. The Balaban J connectivity index is 2.10. The summed E-state index contributed by atoms with van der Waals surface area (Å²) in [7, 11) is 0. The van der Waals surface area contributed by atoms with E-state index < -0.39 is 5.92 Å². The van der Waals surface area contributed by atoms with Crippen molar-refractivity contribution in [3.8, 4) is 12.3 Å². The van der Waals surface area contributed by atoms with Gasteiger partial charge < -0.3 is 10.2 Å². The molecular formula is C14H13BrN2O2. The molecule has 0 aliphatic carbocycles. The molecule has 1 aliphatic heterocycles. The monoisotopic (exact) mass is 320 g/mol. The topological polar surface area (TPSA) is 49.4 Å². The second kappa shape index (κ2) is 5.89. The third kappa shape index (κ3) is 2.96. The van der Waals surface area contributed by atoms with Gasteiger partial charge in [0.05, 0.1) is 6.54 Å². The Morgan fingerprint density at radius 2 is 2.37 bits per heavy atom. The van der Waals surface area contributed by atoms with Crippen LogP contribution in [0.4, 0.5) is 5.69 Å². The Labute approximate surface area is 120 Å². The van der Waals surface area contributed by atoms with E-state index in [4.69, 9.17) is 6.42 Å². The second-order valence-electron chi connectivity index (χ2n) is 4.23. The molecule has 1 saturated heterocycles. The lowest BCUT2D eigenvalue weighted by atomic mass is 10.1. The number of halogens is 1. The lowest BCUT2D eigenvalue weighted by molar-refractivity contribution is -0.131. The number of rotatable bonds is 3. The minimum absolute atomic E-state index is 0.152. The quantitative estimate of drug-likeness (QED) is 0.678. The normalized spacial score (nSPS) is 18.2. The van der Waals surface area contributed by atoms with Crippen LogP contribution in [0.2, 0.25) is 0 Å². The molecule has 1 atom stereocenters. The van der Waals surface area contributed by atoms with Gasteiger partial charge in [-0.25, -0.2) is 0 Å². The van der Waals surface area contributed by atoms with Gasteiger partial charge >= 0.3 is 0 Å². The molecule has 1 heterocycles. The van der Waals surface area contributed by atoms with Crippen molar-refractivity contribution < 1.29 is 9.59 Å². The van der Waals surface area contributed by atoms with Gasteiger partial charge in [-0.3, -0.25) is 9.59 Å². The number of carbonyl (C=O) groups is 2. The Morgan fingerprint density at radius 3 is 3.05 bits per heavy atom. The Morgan fingerprint density at radius 1 is 1.58 bits per heavy atom. The first-order valence-corrected chi connectivity index (χ1v) is 6.71. The first-order chi connectivity index (χ1) is 9.13. The number of amides is 2. The van der Waals surface area contributed by atoms with Crippen LogP contribution in [-0.2, 0) is 9.59 Å². The van der Waals surface area contributed by atoms with E-state index in [9.17, 15) is 9.59 Å². The molecule has 2 amide bonds. The zero-order valence-electron chi connectivity index (χ0n) is 10.2. The Bertz CT molecular complexity index is 551. The van der Waals surface area contributed by atoms with E-state index >= 15 is 0 Å². The van der Waals surface area contributed by atoms with E-state index in [0.29, 0.717) is 13.0 Å². The van der Waals surface area contributed by atoms with Gasteiger partial charge in [0.1, 0.15) is 5.92 Å². The molecule has 0 unspecified atom stereocenters. The van der Waals surface area contributed by atoms with Crippen molar-refractivity contribution >= 4 is 33.4 Å². The summed E-state index contributed by atoms with van der Waals surface area (Å²) in [5, 5.41) is 2.56. The van der Waals surface area contributed by atoms with E-state index in [0.717, 1.165) is 10.2 Å². The molecule has 1 aliphatic rings. The molecule has 0 spiro atoms. The van der Waals surface area contributed by atoms with E-state index in [1.165, 1.54) is 0 Å². The largest absolute Gasteiger partial charge is 0.344 e. The number of carbonyl (C=O) groups excluding carboxylic acids is 2. The third-order valence-corrected chi connectivity index (χ3v) is 3.50. The zero-order chi connectivity index (χ0) is 13.8. The molecule has 19 heavy (non-hydrogen) atoms. The van der Waals surface area contributed by atoms with Gasteiger partial charge in [0.2, 0.25) is 11.8 Å². The highest BCUT2D eigenvalue weighted by molar-refractivity contribution is 9.10. The highest BCUT2D eigenvalue weighted by atomic mass is 79.9. The summed E-state index contributed by atoms with van der Waals surface area (Å²) in [6.07, 6.45) is 5.60. The van der Waals surface area contributed by atoms with Gasteiger partial charge in [0.25, 0.3) is 0 Å². The van der Waals surface area contributed by atoms with Crippen molar-refractivity contribution in [3.05, 3.63) is 28.7 Å². The smallest absolute Gasteiger partial charge is 0.239 e. The van der Waals surface area contributed by atoms with Crippen molar-refractivity contribution in [1.29, 1.82) is 0 Å².